The molecule has 1 aromatic carbocycles. The second kappa shape index (κ2) is 8.73. The Kier molecular flexibility index (Phi) is 5.86. The van der Waals surface area contributed by atoms with Gasteiger partial charge in [-0.3, -0.25) is 14.6 Å². The van der Waals surface area contributed by atoms with Crippen LogP contribution in [0.4, 0.5) is 0 Å². The van der Waals surface area contributed by atoms with Crippen LogP contribution in [0.3, 0.4) is 0 Å². The summed E-state index contributed by atoms with van der Waals surface area (Å²) in [6, 6.07) is 11.9. The van der Waals surface area contributed by atoms with Gasteiger partial charge in [0.1, 0.15) is 11.5 Å². The number of carbonyl (C=O) groups is 2. The number of amides is 1. The van der Waals surface area contributed by atoms with E-state index in [0.717, 1.165) is 16.0 Å². The van der Waals surface area contributed by atoms with E-state index < -0.39 is 17.7 Å². The second-order valence-corrected chi connectivity index (χ2v) is 8.20. The Morgan fingerprint density at radius 2 is 2.06 bits per heavy atom. The summed E-state index contributed by atoms with van der Waals surface area (Å²) >= 11 is 1.44. The molecule has 3 aromatic rings. The van der Waals surface area contributed by atoms with Crippen LogP contribution in [0, 0.1) is 6.92 Å². The van der Waals surface area contributed by atoms with Gasteiger partial charge in [-0.1, -0.05) is 12.1 Å². The number of ether oxygens (including phenoxy) is 1. The van der Waals surface area contributed by atoms with Crippen LogP contribution in [-0.2, 0) is 16.1 Å². The molecule has 0 saturated carbocycles. The molecule has 3 heterocycles. The molecule has 1 aliphatic heterocycles. The molecular formula is C24H22N2O4S. The maximum atomic E-state index is 13.0. The van der Waals surface area contributed by atoms with E-state index in [1.54, 1.807) is 36.7 Å². The summed E-state index contributed by atoms with van der Waals surface area (Å²) in [5.74, 6) is -0.791. The van der Waals surface area contributed by atoms with Gasteiger partial charge in [0.2, 0.25) is 0 Å². The highest BCUT2D eigenvalue weighted by atomic mass is 32.1. The topological polar surface area (TPSA) is 79.7 Å². The van der Waals surface area contributed by atoms with E-state index in [0.29, 0.717) is 17.9 Å². The lowest BCUT2D eigenvalue weighted by Crippen LogP contribution is -2.28. The third kappa shape index (κ3) is 3.96. The Bertz CT molecular complexity index is 1140. The van der Waals surface area contributed by atoms with Gasteiger partial charge in [0.25, 0.3) is 11.7 Å². The normalized spacial score (nSPS) is 17.9. The minimum atomic E-state index is -0.689. The molecule has 2 aromatic heterocycles. The molecule has 1 saturated heterocycles. The van der Waals surface area contributed by atoms with Crippen molar-refractivity contribution in [2.24, 2.45) is 0 Å². The number of benzene rings is 1. The molecule has 4 rings (SSSR count). The minimum Gasteiger partial charge on any atom is -0.507 e. The second-order valence-electron chi connectivity index (χ2n) is 7.22. The van der Waals surface area contributed by atoms with Crippen LogP contribution in [0.15, 0.2) is 65.8 Å². The Hall–Kier alpha value is -3.45. The first kappa shape index (κ1) is 20.8. The van der Waals surface area contributed by atoms with Gasteiger partial charge in [-0.25, -0.2) is 0 Å². The van der Waals surface area contributed by atoms with Crippen molar-refractivity contribution < 1.29 is 19.4 Å². The van der Waals surface area contributed by atoms with Crippen molar-refractivity contribution >= 4 is 28.8 Å². The smallest absolute Gasteiger partial charge is 0.295 e. The molecule has 1 unspecified atom stereocenters. The monoisotopic (exact) mass is 434 g/mol. The number of pyridine rings is 1. The quantitative estimate of drug-likeness (QED) is 0.352. The predicted octanol–water partition coefficient (Wildman–Crippen LogP) is 4.47. The number of Topliss-reactive ketones (excluding diaryl/α,β-unsaturated/α-hetero) is 1. The van der Waals surface area contributed by atoms with Gasteiger partial charge >= 0.3 is 0 Å². The van der Waals surface area contributed by atoms with Crippen LogP contribution in [0.1, 0.15) is 34.5 Å². The molecule has 1 N–H and O–H groups in total. The van der Waals surface area contributed by atoms with Gasteiger partial charge in [0.05, 0.1) is 18.2 Å². The summed E-state index contributed by atoms with van der Waals surface area (Å²) in [5, 5.41) is 13.0. The highest BCUT2D eigenvalue weighted by Crippen LogP contribution is 2.42. The number of rotatable bonds is 6. The van der Waals surface area contributed by atoms with Gasteiger partial charge < -0.3 is 14.7 Å². The Morgan fingerprint density at radius 1 is 1.23 bits per heavy atom. The molecule has 1 fully saturated rings. The van der Waals surface area contributed by atoms with E-state index >= 15 is 0 Å². The van der Waals surface area contributed by atoms with E-state index in [1.807, 2.05) is 37.4 Å². The molecule has 0 radical (unpaired) electrons. The molecule has 0 aliphatic carbocycles. The van der Waals surface area contributed by atoms with Crippen LogP contribution in [0.2, 0.25) is 0 Å². The van der Waals surface area contributed by atoms with Crippen LogP contribution >= 0.6 is 11.3 Å². The predicted molar refractivity (Wildman–Crippen MR) is 119 cm³/mol. The van der Waals surface area contributed by atoms with Crippen molar-refractivity contribution in [2.75, 3.05) is 6.61 Å². The summed E-state index contributed by atoms with van der Waals surface area (Å²) in [6.45, 7) is 4.53. The zero-order chi connectivity index (χ0) is 22.0. The Morgan fingerprint density at radius 3 is 2.71 bits per heavy atom. The average molecular weight is 435 g/mol. The molecule has 6 nitrogen and oxygen atoms in total. The van der Waals surface area contributed by atoms with Crippen LogP contribution < -0.4 is 4.74 Å². The summed E-state index contributed by atoms with van der Waals surface area (Å²) in [6.07, 6.45) is 3.32. The highest BCUT2D eigenvalue weighted by molar-refractivity contribution is 7.10. The number of aromatic nitrogens is 1. The Labute approximate surface area is 184 Å². The van der Waals surface area contributed by atoms with E-state index in [9.17, 15) is 14.7 Å². The number of likely N-dealkylation sites (tertiary alicyclic amines) is 1. The van der Waals surface area contributed by atoms with Crippen molar-refractivity contribution in [3.05, 3.63) is 87.4 Å². The SMILES string of the molecule is CCOc1ccc(/C(O)=C2/C(=O)C(=O)N(Cc3cccnc3)C2c2cccs2)cc1C. The fourth-order valence-corrected chi connectivity index (χ4v) is 4.59. The first-order valence-electron chi connectivity index (χ1n) is 9.95. The van der Waals surface area contributed by atoms with Crippen molar-refractivity contribution in [3.8, 4) is 5.75 Å². The highest BCUT2D eigenvalue weighted by Gasteiger charge is 2.46. The van der Waals surface area contributed by atoms with Gasteiger partial charge in [0, 0.05) is 29.4 Å². The maximum absolute atomic E-state index is 13.0. The van der Waals surface area contributed by atoms with Crippen molar-refractivity contribution in [2.45, 2.75) is 26.4 Å². The summed E-state index contributed by atoms with van der Waals surface area (Å²) in [4.78, 5) is 32.4. The number of aliphatic hydroxyl groups is 1. The van der Waals surface area contributed by atoms with Gasteiger partial charge in [-0.15, -0.1) is 11.3 Å². The number of nitrogens with zero attached hydrogens (tertiary/aromatic N) is 2. The van der Waals surface area contributed by atoms with E-state index in [2.05, 4.69) is 4.98 Å². The van der Waals surface area contributed by atoms with Crippen molar-refractivity contribution in [1.29, 1.82) is 0 Å². The van der Waals surface area contributed by atoms with Crippen molar-refractivity contribution in [3.63, 3.8) is 0 Å². The van der Waals surface area contributed by atoms with E-state index in [-0.39, 0.29) is 17.9 Å². The number of thiophene rings is 1. The lowest BCUT2D eigenvalue weighted by molar-refractivity contribution is -0.140. The van der Waals surface area contributed by atoms with Gasteiger partial charge in [0.15, 0.2) is 0 Å². The molecule has 1 atom stereocenters. The molecule has 1 aliphatic rings. The number of aliphatic hydroxyl groups excluding tert-OH is 1. The zero-order valence-electron chi connectivity index (χ0n) is 17.2. The number of carbonyl (C=O) groups excluding carboxylic acids is 2. The van der Waals surface area contributed by atoms with Gasteiger partial charge in [-0.05, 0) is 60.7 Å². The first-order chi connectivity index (χ1) is 15.0. The molecule has 0 bridgehead atoms. The average Bonchev–Trinajstić information content (AvgIpc) is 3.38. The summed E-state index contributed by atoms with van der Waals surface area (Å²) in [7, 11) is 0. The fraction of sp³-hybridized carbons (Fsp3) is 0.208. The fourth-order valence-electron chi connectivity index (χ4n) is 3.74. The van der Waals surface area contributed by atoms with Gasteiger partial charge in [-0.2, -0.15) is 0 Å². The van der Waals surface area contributed by atoms with Crippen LogP contribution in [0.25, 0.3) is 5.76 Å². The Balaban J connectivity index is 1.80. The minimum absolute atomic E-state index is 0.0971. The number of aryl methyl sites for hydroxylation is 1. The zero-order valence-corrected chi connectivity index (χ0v) is 18.1. The summed E-state index contributed by atoms with van der Waals surface area (Å²) < 4.78 is 5.57. The third-order valence-corrected chi connectivity index (χ3v) is 6.10. The molecule has 0 spiro atoms. The molecule has 7 heteroatoms. The van der Waals surface area contributed by atoms with Crippen LogP contribution in [-0.4, -0.2) is 33.3 Å². The van der Waals surface area contributed by atoms with Crippen LogP contribution in [0.5, 0.6) is 5.75 Å². The van der Waals surface area contributed by atoms with E-state index in [1.165, 1.54) is 16.2 Å². The van der Waals surface area contributed by atoms with Crippen molar-refractivity contribution in [1.82, 2.24) is 9.88 Å². The largest absolute Gasteiger partial charge is 0.507 e. The maximum Gasteiger partial charge on any atom is 0.295 e. The first-order valence-corrected chi connectivity index (χ1v) is 10.8. The standard InChI is InChI=1S/C24H22N2O4S/c1-3-30-18-9-8-17(12-15(18)2)22(27)20-21(19-7-5-11-31-19)26(24(29)23(20)28)14-16-6-4-10-25-13-16/h4-13,21,27H,3,14H2,1-2H3/b22-20-. The number of hydrogen-bond acceptors (Lipinski definition) is 6. The number of ketones is 1. The molecule has 1 amide bonds. The molecular weight excluding hydrogens is 412 g/mol. The number of hydrogen-bond donors (Lipinski definition) is 1. The molecule has 158 valence electrons. The molecule has 31 heavy (non-hydrogen) atoms. The third-order valence-electron chi connectivity index (χ3n) is 5.18. The lowest BCUT2D eigenvalue weighted by atomic mass is 9.98. The van der Waals surface area contributed by atoms with E-state index in [4.69, 9.17) is 4.74 Å². The lowest BCUT2D eigenvalue weighted by Gasteiger charge is -2.24. The summed E-state index contributed by atoms with van der Waals surface area (Å²) in [5.41, 5.74) is 2.22.